The predicted octanol–water partition coefficient (Wildman–Crippen LogP) is 4.99. The van der Waals surface area contributed by atoms with Gasteiger partial charge in [0.05, 0.1) is 24.3 Å². The molecule has 1 atom stereocenters. The molecule has 0 saturated carbocycles. The summed E-state index contributed by atoms with van der Waals surface area (Å²) >= 11 is 1.47. The first-order chi connectivity index (χ1) is 17.6. The topological polar surface area (TPSA) is 79.3 Å². The Hall–Kier alpha value is -3.82. The van der Waals surface area contributed by atoms with Crippen molar-refractivity contribution < 1.29 is 14.3 Å². The third kappa shape index (κ3) is 4.10. The number of ether oxygens (including phenoxy) is 1. The van der Waals surface area contributed by atoms with Crippen molar-refractivity contribution in [2.75, 3.05) is 38.2 Å². The van der Waals surface area contributed by atoms with Crippen molar-refractivity contribution in [3.63, 3.8) is 0 Å². The fraction of sp³-hybridized carbons (Fsp3) is 0.259. The number of anilines is 1. The highest BCUT2D eigenvalue weighted by molar-refractivity contribution is 7.17. The van der Waals surface area contributed by atoms with Crippen LogP contribution in [0.3, 0.4) is 0 Å². The van der Waals surface area contributed by atoms with E-state index in [1.165, 1.54) is 27.1 Å². The Kier molecular flexibility index (Phi) is 5.86. The Labute approximate surface area is 213 Å². The maximum absolute atomic E-state index is 11.3. The maximum Gasteiger partial charge on any atom is 0.230 e. The molecule has 0 radical (unpaired) electrons. The number of fused-ring (bicyclic) bond motifs is 1. The molecule has 1 aliphatic rings. The van der Waals surface area contributed by atoms with Crippen LogP contribution >= 0.6 is 11.3 Å². The molecule has 1 fully saturated rings. The number of aromatic nitrogens is 3. The van der Waals surface area contributed by atoms with Gasteiger partial charge in [-0.1, -0.05) is 41.2 Å². The van der Waals surface area contributed by atoms with E-state index in [1.807, 2.05) is 18.2 Å². The van der Waals surface area contributed by atoms with Gasteiger partial charge in [0.25, 0.3) is 0 Å². The lowest BCUT2D eigenvalue weighted by molar-refractivity contribution is 0.211. The highest BCUT2D eigenvalue weighted by Crippen LogP contribution is 2.41. The number of piperazine rings is 1. The summed E-state index contributed by atoms with van der Waals surface area (Å²) in [5.74, 6) is 2.04. The first-order valence-corrected chi connectivity index (χ1v) is 12.7. The van der Waals surface area contributed by atoms with E-state index in [0.29, 0.717) is 16.5 Å². The van der Waals surface area contributed by atoms with Gasteiger partial charge in [0, 0.05) is 31.9 Å². The minimum Gasteiger partial charge on any atom is -0.497 e. The summed E-state index contributed by atoms with van der Waals surface area (Å²) in [6, 6.07) is 20.2. The lowest BCUT2D eigenvalue weighted by atomic mass is 10.0. The summed E-state index contributed by atoms with van der Waals surface area (Å²) in [7, 11) is 1.68. The SMILES string of the molecule is COc1ccc(N2CCN([C@@H](c3cccc(C)c3)c3sc4nc(-c5ccco5)nn4c3O)CC2)cc1. The highest BCUT2D eigenvalue weighted by atomic mass is 32.1. The third-order valence-electron chi connectivity index (χ3n) is 6.66. The molecule has 184 valence electrons. The van der Waals surface area contributed by atoms with Gasteiger partial charge in [-0.2, -0.15) is 9.50 Å². The van der Waals surface area contributed by atoms with Gasteiger partial charge in [-0.25, -0.2) is 0 Å². The van der Waals surface area contributed by atoms with Crippen molar-refractivity contribution in [2.45, 2.75) is 13.0 Å². The van der Waals surface area contributed by atoms with Crippen LogP contribution in [0.1, 0.15) is 22.0 Å². The average molecular weight is 502 g/mol. The molecule has 9 heteroatoms. The van der Waals surface area contributed by atoms with Crippen molar-refractivity contribution >= 4 is 22.0 Å². The quantitative estimate of drug-likeness (QED) is 0.351. The number of benzene rings is 2. The molecule has 0 spiro atoms. The van der Waals surface area contributed by atoms with E-state index in [9.17, 15) is 5.11 Å². The zero-order valence-electron chi connectivity index (χ0n) is 20.2. The molecule has 4 heterocycles. The minimum absolute atomic E-state index is 0.0940. The number of aromatic hydroxyl groups is 1. The van der Waals surface area contributed by atoms with Crippen LogP contribution in [-0.2, 0) is 0 Å². The molecular formula is C27H27N5O3S. The first kappa shape index (κ1) is 22.6. The smallest absolute Gasteiger partial charge is 0.230 e. The molecule has 6 rings (SSSR count). The molecule has 8 nitrogen and oxygen atoms in total. The van der Waals surface area contributed by atoms with Crippen molar-refractivity contribution in [3.05, 3.63) is 82.9 Å². The van der Waals surface area contributed by atoms with Crippen LogP contribution in [0.15, 0.2) is 71.3 Å². The van der Waals surface area contributed by atoms with Crippen LogP contribution in [0.4, 0.5) is 5.69 Å². The van der Waals surface area contributed by atoms with Gasteiger partial charge >= 0.3 is 0 Å². The molecule has 2 aromatic carbocycles. The van der Waals surface area contributed by atoms with Crippen LogP contribution in [0.2, 0.25) is 0 Å². The second-order valence-corrected chi connectivity index (χ2v) is 9.94. The van der Waals surface area contributed by atoms with E-state index in [-0.39, 0.29) is 11.9 Å². The predicted molar refractivity (Wildman–Crippen MR) is 140 cm³/mol. The summed E-state index contributed by atoms with van der Waals surface area (Å²) in [6.07, 6.45) is 1.59. The Balaban J connectivity index is 1.31. The van der Waals surface area contributed by atoms with Gasteiger partial charge in [0.1, 0.15) is 5.75 Å². The lowest BCUT2D eigenvalue weighted by Crippen LogP contribution is -2.47. The Bertz CT molecular complexity index is 1470. The summed E-state index contributed by atoms with van der Waals surface area (Å²) in [4.78, 5) is 10.9. The van der Waals surface area contributed by atoms with Gasteiger partial charge in [-0.3, -0.25) is 4.90 Å². The Morgan fingerprint density at radius 3 is 2.50 bits per heavy atom. The Morgan fingerprint density at radius 1 is 1.03 bits per heavy atom. The monoisotopic (exact) mass is 501 g/mol. The van der Waals surface area contributed by atoms with Gasteiger partial charge in [0.2, 0.25) is 16.7 Å². The van der Waals surface area contributed by atoms with Crippen LogP contribution in [0, 0.1) is 6.92 Å². The molecule has 0 unspecified atom stereocenters. The number of rotatable bonds is 6. The second kappa shape index (κ2) is 9.33. The lowest BCUT2D eigenvalue weighted by Gasteiger charge is -2.40. The summed E-state index contributed by atoms with van der Waals surface area (Å²) in [5.41, 5.74) is 3.53. The molecule has 36 heavy (non-hydrogen) atoms. The third-order valence-corrected chi connectivity index (χ3v) is 7.74. The number of hydrogen-bond acceptors (Lipinski definition) is 8. The van der Waals surface area contributed by atoms with Crippen LogP contribution in [0.25, 0.3) is 16.5 Å². The van der Waals surface area contributed by atoms with Gasteiger partial charge < -0.3 is 19.2 Å². The number of nitrogens with zero attached hydrogens (tertiary/aromatic N) is 5. The molecule has 1 aliphatic heterocycles. The van der Waals surface area contributed by atoms with Crippen LogP contribution < -0.4 is 9.64 Å². The summed E-state index contributed by atoms with van der Waals surface area (Å²) in [6.45, 7) is 5.59. The summed E-state index contributed by atoms with van der Waals surface area (Å²) < 4.78 is 12.3. The number of methoxy groups -OCH3 is 1. The number of furan rings is 1. The van der Waals surface area contributed by atoms with Gasteiger partial charge in [-0.15, -0.1) is 5.10 Å². The van der Waals surface area contributed by atoms with E-state index < -0.39 is 0 Å². The van der Waals surface area contributed by atoms with Gasteiger partial charge in [0.15, 0.2) is 5.76 Å². The minimum atomic E-state index is -0.0940. The maximum atomic E-state index is 11.3. The molecule has 1 N–H and O–H groups in total. The number of thiazole rings is 1. The summed E-state index contributed by atoms with van der Waals surface area (Å²) in [5, 5.41) is 15.8. The Morgan fingerprint density at radius 2 is 1.83 bits per heavy atom. The molecular weight excluding hydrogens is 474 g/mol. The number of aryl methyl sites for hydroxylation is 1. The molecule has 0 amide bonds. The van der Waals surface area contributed by atoms with E-state index in [1.54, 1.807) is 19.4 Å². The van der Waals surface area contributed by atoms with Crippen LogP contribution in [0.5, 0.6) is 11.6 Å². The fourth-order valence-electron chi connectivity index (χ4n) is 4.84. The zero-order chi connectivity index (χ0) is 24.6. The molecule has 0 aliphatic carbocycles. The normalized spacial score (nSPS) is 15.4. The number of hydrogen-bond donors (Lipinski definition) is 1. The first-order valence-electron chi connectivity index (χ1n) is 11.9. The van der Waals surface area contributed by atoms with E-state index in [0.717, 1.165) is 42.4 Å². The van der Waals surface area contributed by atoms with Crippen molar-refractivity contribution in [3.8, 4) is 23.2 Å². The highest BCUT2D eigenvalue weighted by Gasteiger charge is 2.32. The van der Waals surface area contributed by atoms with Crippen molar-refractivity contribution in [1.29, 1.82) is 0 Å². The second-order valence-electron chi connectivity index (χ2n) is 8.93. The van der Waals surface area contributed by atoms with Crippen molar-refractivity contribution in [1.82, 2.24) is 19.5 Å². The fourth-order valence-corrected chi connectivity index (χ4v) is 5.96. The van der Waals surface area contributed by atoms with Gasteiger partial charge in [-0.05, 0) is 48.9 Å². The van der Waals surface area contributed by atoms with E-state index >= 15 is 0 Å². The molecule has 1 saturated heterocycles. The largest absolute Gasteiger partial charge is 0.497 e. The van der Waals surface area contributed by atoms with Crippen LogP contribution in [-0.4, -0.2) is 57.9 Å². The van der Waals surface area contributed by atoms with Crippen molar-refractivity contribution in [2.24, 2.45) is 0 Å². The van der Waals surface area contributed by atoms with E-state index in [2.05, 4.69) is 63.2 Å². The van der Waals surface area contributed by atoms with E-state index in [4.69, 9.17) is 9.15 Å². The standard InChI is InChI=1S/C27H27N5O3S/c1-18-5-3-6-19(17-18)23(31-14-12-30(13-15-31)20-8-10-21(34-2)11-9-20)24-26(33)32-27(36-24)28-25(29-32)22-7-4-16-35-22/h3-11,16-17,23,33H,12-15H2,1-2H3/t23-/m0/s1. The molecule has 5 aromatic rings. The zero-order valence-corrected chi connectivity index (χ0v) is 21.0. The molecule has 0 bridgehead atoms. The average Bonchev–Trinajstić information content (AvgIpc) is 3.64. The molecule has 3 aromatic heterocycles.